The monoisotopic (exact) mass is 606 g/mol. The summed E-state index contributed by atoms with van der Waals surface area (Å²) in [6.45, 7) is 0.996. The van der Waals surface area contributed by atoms with E-state index in [2.05, 4.69) is 28.8 Å². The maximum absolute atomic E-state index is 14.2. The number of carbonyl (C=O) groups is 3. The maximum atomic E-state index is 14.2. The predicted molar refractivity (Wildman–Crippen MR) is 173 cm³/mol. The number of hydrazine groups is 1. The summed E-state index contributed by atoms with van der Waals surface area (Å²) in [5.41, 5.74) is 3.88. The lowest BCUT2D eigenvalue weighted by Crippen LogP contribution is -2.65. The van der Waals surface area contributed by atoms with Crippen LogP contribution in [0.1, 0.15) is 16.7 Å². The third kappa shape index (κ3) is 6.14. The fourth-order valence-corrected chi connectivity index (χ4v) is 6.27. The molecule has 0 unspecified atom stereocenters. The summed E-state index contributed by atoms with van der Waals surface area (Å²) in [6.07, 6.45) is -0.123. The van der Waals surface area contributed by atoms with Gasteiger partial charge in [-0.1, -0.05) is 66.7 Å². The third-order valence-corrected chi connectivity index (χ3v) is 8.76. The van der Waals surface area contributed by atoms with Crippen LogP contribution in [0.5, 0.6) is 5.75 Å². The molecule has 10 heteroatoms. The molecule has 232 valence electrons. The molecule has 10 nitrogen and oxygen atoms in total. The normalized spacial score (nSPS) is 18.2. The number of hydrogen-bond donors (Lipinski definition) is 2. The first-order chi connectivity index (χ1) is 21.9. The molecule has 2 heterocycles. The van der Waals surface area contributed by atoms with E-state index in [1.165, 1.54) is 5.01 Å². The summed E-state index contributed by atoms with van der Waals surface area (Å²) in [5, 5.41) is 11.5. The molecule has 0 radical (unpaired) electrons. The Balaban J connectivity index is 1.26. The molecule has 0 saturated carbocycles. The number of urea groups is 1. The largest absolute Gasteiger partial charge is 0.497 e. The summed E-state index contributed by atoms with van der Waals surface area (Å²) >= 11 is 0. The molecule has 4 aromatic rings. The molecule has 4 amide bonds. The second kappa shape index (κ2) is 12.9. The highest BCUT2D eigenvalue weighted by Crippen LogP contribution is 2.31. The predicted octanol–water partition coefficient (Wildman–Crippen LogP) is 4.07. The molecule has 0 spiro atoms. The minimum Gasteiger partial charge on any atom is -0.497 e. The molecule has 45 heavy (non-hydrogen) atoms. The van der Waals surface area contributed by atoms with E-state index in [1.54, 1.807) is 24.1 Å². The van der Waals surface area contributed by atoms with Crippen LogP contribution < -0.4 is 15.4 Å². The van der Waals surface area contributed by atoms with Crippen LogP contribution in [0.2, 0.25) is 0 Å². The van der Waals surface area contributed by atoms with Gasteiger partial charge in [0.25, 0.3) is 0 Å². The number of methoxy groups -OCH3 is 1. The summed E-state index contributed by atoms with van der Waals surface area (Å²) < 4.78 is 5.22. The second-order valence-corrected chi connectivity index (χ2v) is 11.4. The van der Waals surface area contributed by atoms with Crippen LogP contribution in [0.4, 0.5) is 10.5 Å². The number of hydrogen-bond acceptors (Lipinski definition) is 6. The quantitative estimate of drug-likeness (QED) is 0.298. The summed E-state index contributed by atoms with van der Waals surface area (Å²) in [5.74, 6) is 0.466. The Morgan fingerprint density at radius 2 is 1.64 bits per heavy atom. The minimum atomic E-state index is -0.701. The number of ether oxygens (including phenoxy) is 1. The Bertz CT molecular complexity index is 1690. The van der Waals surface area contributed by atoms with Crippen molar-refractivity contribution in [3.63, 3.8) is 0 Å². The van der Waals surface area contributed by atoms with E-state index in [-0.39, 0.29) is 30.9 Å². The van der Waals surface area contributed by atoms with Gasteiger partial charge in [0.05, 0.1) is 20.2 Å². The van der Waals surface area contributed by atoms with E-state index in [9.17, 15) is 14.4 Å². The molecule has 0 bridgehead atoms. The molecule has 2 aliphatic heterocycles. The third-order valence-electron chi connectivity index (χ3n) is 8.76. The standard InChI is InChI=1S/C35H38N6O4/c1-36-28-15-11-24(12-16-28)19-31-34(43)39(21-27-9-6-8-26-7-4-5-10-30(26)27)22-32-40(23-33(42)41(31)32)38(2)35(44)37-20-25-13-17-29(45-3)18-14-25/h4-18,31-32,36H,19-23H2,1-3H3,(H,37,44)/t31-,32+/m0/s1. The smallest absolute Gasteiger partial charge is 0.332 e. The maximum Gasteiger partial charge on any atom is 0.332 e. The van der Waals surface area contributed by atoms with Crippen LogP contribution in [0.25, 0.3) is 10.8 Å². The first-order valence-electron chi connectivity index (χ1n) is 15.1. The van der Waals surface area contributed by atoms with Crippen molar-refractivity contribution >= 4 is 34.3 Å². The Hall–Kier alpha value is -5.09. The highest BCUT2D eigenvalue weighted by atomic mass is 16.5. The molecule has 2 saturated heterocycles. The van der Waals surface area contributed by atoms with Gasteiger partial charge in [0.2, 0.25) is 11.8 Å². The lowest BCUT2D eigenvalue weighted by Gasteiger charge is -2.46. The molecular formula is C35H38N6O4. The number of anilines is 1. The first kappa shape index (κ1) is 30.0. The lowest BCUT2D eigenvalue weighted by atomic mass is 9.98. The molecule has 2 fully saturated rings. The van der Waals surface area contributed by atoms with Crippen LogP contribution in [-0.2, 0) is 29.1 Å². The summed E-state index contributed by atoms with van der Waals surface area (Å²) in [4.78, 5) is 44.7. The number of nitrogens with zero attached hydrogens (tertiary/aromatic N) is 4. The highest BCUT2D eigenvalue weighted by molar-refractivity contribution is 5.92. The van der Waals surface area contributed by atoms with Crippen LogP contribution in [0.15, 0.2) is 91.0 Å². The number of amides is 4. The van der Waals surface area contributed by atoms with Crippen LogP contribution in [0, 0.1) is 0 Å². The zero-order valence-corrected chi connectivity index (χ0v) is 25.8. The van der Waals surface area contributed by atoms with Crippen molar-refractivity contribution in [1.29, 1.82) is 0 Å². The molecule has 0 aromatic heterocycles. The number of carbonyl (C=O) groups excluding carboxylic acids is 3. The lowest BCUT2D eigenvalue weighted by molar-refractivity contribution is -0.157. The van der Waals surface area contributed by atoms with E-state index < -0.39 is 12.2 Å². The topological polar surface area (TPSA) is 97.5 Å². The Kier molecular flexibility index (Phi) is 8.57. The molecule has 2 aliphatic rings. The SMILES string of the molecule is CNc1ccc(C[C@H]2C(=O)N(Cc3cccc4ccccc34)C[C@H]3N2C(=O)CN3N(C)C(=O)NCc2ccc(OC)cc2)cc1. The Labute approximate surface area is 263 Å². The summed E-state index contributed by atoms with van der Waals surface area (Å²) in [7, 11) is 5.13. The van der Waals surface area contributed by atoms with Crippen molar-refractivity contribution in [1.82, 2.24) is 25.1 Å². The van der Waals surface area contributed by atoms with Crippen molar-refractivity contribution in [2.45, 2.75) is 31.7 Å². The average molecular weight is 607 g/mol. The van der Waals surface area contributed by atoms with Crippen LogP contribution >= 0.6 is 0 Å². The van der Waals surface area contributed by atoms with Gasteiger partial charge in [0.15, 0.2) is 0 Å². The minimum absolute atomic E-state index is 0.00169. The van der Waals surface area contributed by atoms with E-state index >= 15 is 0 Å². The van der Waals surface area contributed by atoms with Crippen molar-refractivity contribution in [2.24, 2.45) is 0 Å². The highest BCUT2D eigenvalue weighted by Gasteiger charge is 2.51. The van der Waals surface area contributed by atoms with Crippen LogP contribution in [-0.4, -0.2) is 84.2 Å². The van der Waals surface area contributed by atoms with E-state index in [4.69, 9.17) is 4.74 Å². The van der Waals surface area contributed by atoms with Crippen molar-refractivity contribution in [2.75, 3.05) is 39.6 Å². The number of rotatable bonds is 9. The molecule has 4 aromatic carbocycles. The van der Waals surface area contributed by atoms with Crippen molar-refractivity contribution in [3.05, 3.63) is 108 Å². The van der Waals surface area contributed by atoms with Gasteiger partial charge in [-0.2, -0.15) is 5.01 Å². The molecule has 6 rings (SSSR count). The molecular weight excluding hydrogens is 568 g/mol. The van der Waals surface area contributed by atoms with Gasteiger partial charge >= 0.3 is 6.03 Å². The van der Waals surface area contributed by atoms with Gasteiger partial charge in [-0.25, -0.2) is 4.79 Å². The van der Waals surface area contributed by atoms with Gasteiger partial charge in [-0.05, 0) is 51.7 Å². The van der Waals surface area contributed by atoms with E-state index in [1.807, 2.05) is 84.7 Å². The number of benzene rings is 4. The summed E-state index contributed by atoms with van der Waals surface area (Å²) in [6, 6.07) is 28.6. The van der Waals surface area contributed by atoms with E-state index in [0.717, 1.165) is 38.9 Å². The fourth-order valence-electron chi connectivity index (χ4n) is 6.27. The van der Waals surface area contributed by atoms with Crippen molar-refractivity contribution in [3.8, 4) is 5.75 Å². The number of fused-ring (bicyclic) bond motifs is 2. The van der Waals surface area contributed by atoms with Gasteiger partial charge in [0.1, 0.15) is 18.0 Å². The van der Waals surface area contributed by atoms with E-state index in [0.29, 0.717) is 19.5 Å². The molecule has 2 atom stereocenters. The van der Waals surface area contributed by atoms with Gasteiger partial charge in [0, 0.05) is 39.3 Å². The zero-order chi connectivity index (χ0) is 31.5. The molecule has 2 N–H and O–H groups in total. The zero-order valence-electron chi connectivity index (χ0n) is 25.8. The number of nitrogens with one attached hydrogen (secondary N) is 2. The Morgan fingerprint density at radius 1 is 0.933 bits per heavy atom. The fraction of sp³-hybridized carbons (Fsp3) is 0.286. The second-order valence-electron chi connectivity index (χ2n) is 11.4. The Morgan fingerprint density at radius 3 is 2.38 bits per heavy atom. The van der Waals surface area contributed by atoms with Gasteiger partial charge < -0.3 is 25.2 Å². The average Bonchev–Trinajstić information content (AvgIpc) is 3.41. The molecule has 0 aliphatic carbocycles. The van der Waals surface area contributed by atoms with Gasteiger partial charge in [-0.3, -0.25) is 14.6 Å². The van der Waals surface area contributed by atoms with Crippen LogP contribution in [0.3, 0.4) is 0 Å². The van der Waals surface area contributed by atoms with Gasteiger partial charge in [-0.15, -0.1) is 0 Å². The van der Waals surface area contributed by atoms with Crippen molar-refractivity contribution < 1.29 is 19.1 Å². The first-order valence-corrected chi connectivity index (χ1v) is 15.1. The number of piperazine rings is 1.